The molecule has 0 heterocycles. The lowest BCUT2D eigenvalue weighted by Crippen LogP contribution is -2.31. The second kappa shape index (κ2) is 13.6. The highest BCUT2D eigenvalue weighted by Gasteiger charge is 2.42. The molecule has 2 fully saturated rings. The largest absolute Gasteiger partial charge is 0.490 e. The molecule has 0 bridgehead atoms. The molecule has 0 saturated heterocycles. The Bertz CT molecular complexity index is 1440. The van der Waals surface area contributed by atoms with Gasteiger partial charge in [0.15, 0.2) is 0 Å². The van der Waals surface area contributed by atoms with Crippen LogP contribution in [0.2, 0.25) is 0 Å². The zero-order valence-corrected chi connectivity index (χ0v) is 26.1. The van der Waals surface area contributed by atoms with Crippen molar-refractivity contribution >= 4 is 49.8 Å². The predicted molar refractivity (Wildman–Crippen MR) is 170 cm³/mol. The van der Waals surface area contributed by atoms with E-state index in [4.69, 9.17) is 15.2 Å². The first-order valence-corrected chi connectivity index (χ1v) is 15.9. The van der Waals surface area contributed by atoms with E-state index in [0.717, 1.165) is 30.9 Å². The quantitative estimate of drug-likeness (QED) is 0.129. The highest BCUT2D eigenvalue weighted by Crippen LogP contribution is 2.40. The lowest BCUT2D eigenvalue weighted by Gasteiger charge is -2.30. The van der Waals surface area contributed by atoms with Gasteiger partial charge in [-0.15, -0.1) is 0 Å². The second-order valence-electron chi connectivity index (χ2n) is 11.6. The van der Waals surface area contributed by atoms with Crippen LogP contribution in [0.3, 0.4) is 0 Å². The molecular formula is C34H34F6INO2. The molecule has 2 aliphatic rings. The molecule has 2 N–H and O–H groups in total. The fraction of sp³-hybridized carbons (Fsp3) is 0.412. The van der Waals surface area contributed by atoms with Crippen molar-refractivity contribution in [3.8, 4) is 11.5 Å². The summed E-state index contributed by atoms with van der Waals surface area (Å²) in [6.45, 7) is 0. The minimum absolute atomic E-state index is 0.113. The standard InChI is InChI=1S/C17H16F3IO.C17H18F3NO/c2*18-17(19,20)12-5-8-13(9-6-12)22-14-7-4-11-2-1-3-16(21)15(11)10-14/h1-4,7,10,12-13H,5-6,8-9H2;1-4,7,10,12-13H,5-6,8-9,21H2. The summed E-state index contributed by atoms with van der Waals surface area (Å²) < 4.78 is 88.9. The van der Waals surface area contributed by atoms with E-state index >= 15 is 0 Å². The van der Waals surface area contributed by atoms with Crippen molar-refractivity contribution in [1.29, 1.82) is 0 Å². The summed E-state index contributed by atoms with van der Waals surface area (Å²) in [4.78, 5) is 0. The zero-order valence-electron chi connectivity index (χ0n) is 23.9. The van der Waals surface area contributed by atoms with Crippen LogP contribution in [0, 0.1) is 15.4 Å². The lowest BCUT2D eigenvalue weighted by molar-refractivity contribution is -0.186. The van der Waals surface area contributed by atoms with Gasteiger partial charge in [-0.1, -0.05) is 36.4 Å². The van der Waals surface area contributed by atoms with E-state index in [0.29, 0.717) is 37.1 Å². The molecule has 4 aromatic carbocycles. The van der Waals surface area contributed by atoms with Crippen molar-refractivity contribution in [2.75, 3.05) is 5.73 Å². The fourth-order valence-electron chi connectivity index (χ4n) is 6.04. The van der Waals surface area contributed by atoms with Crippen molar-refractivity contribution < 1.29 is 35.8 Å². The summed E-state index contributed by atoms with van der Waals surface area (Å²) in [5.41, 5.74) is 6.61. The van der Waals surface area contributed by atoms with Gasteiger partial charge in [-0.25, -0.2) is 0 Å². The first-order valence-electron chi connectivity index (χ1n) is 14.8. The molecule has 0 spiro atoms. The van der Waals surface area contributed by atoms with Crippen molar-refractivity contribution in [1.82, 2.24) is 0 Å². The Labute approximate surface area is 266 Å². The molecular weight excluding hydrogens is 695 g/mol. The highest BCUT2D eigenvalue weighted by molar-refractivity contribution is 14.1. The van der Waals surface area contributed by atoms with Crippen LogP contribution in [0.4, 0.5) is 32.0 Å². The summed E-state index contributed by atoms with van der Waals surface area (Å²) in [6.07, 6.45) is -5.99. The first kappa shape index (κ1) is 32.5. The van der Waals surface area contributed by atoms with Crippen molar-refractivity contribution in [2.45, 2.75) is 75.9 Å². The Morgan fingerprint density at radius 3 is 1.48 bits per heavy atom. The van der Waals surface area contributed by atoms with Crippen molar-refractivity contribution in [2.24, 2.45) is 11.8 Å². The molecule has 4 aromatic rings. The molecule has 0 amide bonds. The molecule has 44 heavy (non-hydrogen) atoms. The molecule has 0 atom stereocenters. The number of halogens is 7. The minimum atomic E-state index is -4.08. The van der Waals surface area contributed by atoms with Crippen LogP contribution in [0.15, 0.2) is 72.8 Å². The van der Waals surface area contributed by atoms with Gasteiger partial charge in [0.25, 0.3) is 0 Å². The molecule has 0 unspecified atom stereocenters. The SMILES string of the molecule is FC(F)(F)C1CCC(Oc2ccc3cccc(I)c3c2)CC1.Nc1cccc2ccc(OC3CCC(C(F)(F)F)CC3)cc12. The molecule has 236 valence electrons. The van der Waals surface area contributed by atoms with Gasteiger partial charge >= 0.3 is 12.4 Å². The van der Waals surface area contributed by atoms with Gasteiger partial charge in [0.1, 0.15) is 11.5 Å². The monoisotopic (exact) mass is 729 g/mol. The maximum atomic E-state index is 12.7. The van der Waals surface area contributed by atoms with Gasteiger partial charge < -0.3 is 15.2 Å². The topological polar surface area (TPSA) is 44.5 Å². The molecule has 0 aliphatic heterocycles. The summed E-state index contributed by atoms with van der Waals surface area (Å²) >= 11 is 2.28. The van der Waals surface area contributed by atoms with Crippen LogP contribution in [-0.2, 0) is 0 Å². The highest BCUT2D eigenvalue weighted by atomic mass is 127. The molecule has 3 nitrogen and oxygen atoms in total. The Hall–Kier alpha value is -2.89. The lowest BCUT2D eigenvalue weighted by atomic mass is 9.87. The van der Waals surface area contributed by atoms with Crippen LogP contribution in [-0.4, -0.2) is 24.6 Å². The van der Waals surface area contributed by atoms with Crippen LogP contribution < -0.4 is 15.2 Å². The number of rotatable bonds is 4. The average molecular weight is 730 g/mol. The summed E-state index contributed by atoms with van der Waals surface area (Å²) in [5, 5.41) is 4.18. The Balaban J connectivity index is 0.000000175. The van der Waals surface area contributed by atoms with Gasteiger partial charge in [-0.2, -0.15) is 26.3 Å². The Kier molecular flexibility index (Phi) is 10.1. The minimum Gasteiger partial charge on any atom is -0.490 e. The maximum absolute atomic E-state index is 12.7. The molecule has 0 aromatic heterocycles. The van der Waals surface area contributed by atoms with E-state index in [1.807, 2.05) is 72.8 Å². The Morgan fingerprint density at radius 2 is 1.00 bits per heavy atom. The van der Waals surface area contributed by atoms with E-state index < -0.39 is 24.2 Å². The van der Waals surface area contributed by atoms with Crippen molar-refractivity contribution in [3.05, 3.63) is 76.4 Å². The van der Waals surface area contributed by atoms with E-state index in [1.165, 1.54) is 0 Å². The third kappa shape index (κ3) is 8.22. The molecule has 0 radical (unpaired) electrons. The first-order chi connectivity index (χ1) is 20.9. The third-order valence-electron chi connectivity index (χ3n) is 8.57. The van der Waals surface area contributed by atoms with Crippen LogP contribution in [0.1, 0.15) is 51.4 Å². The van der Waals surface area contributed by atoms with Crippen molar-refractivity contribution in [3.63, 3.8) is 0 Å². The number of alkyl halides is 6. The number of nitrogens with two attached hydrogens (primary N) is 1. The Morgan fingerprint density at radius 1 is 0.568 bits per heavy atom. The van der Waals surface area contributed by atoms with E-state index in [1.54, 1.807) is 0 Å². The molecule has 2 saturated carbocycles. The van der Waals surface area contributed by atoms with Crippen LogP contribution in [0.5, 0.6) is 11.5 Å². The van der Waals surface area contributed by atoms with Gasteiger partial charge in [0.2, 0.25) is 0 Å². The van der Waals surface area contributed by atoms with Gasteiger partial charge in [0.05, 0.1) is 24.0 Å². The van der Waals surface area contributed by atoms with E-state index in [9.17, 15) is 26.3 Å². The fourth-order valence-corrected chi connectivity index (χ4v) is 6.71. The number of hydrogen-bond donors (Lipinski definition) is 1. The molecule has 6 rings (SSSR count). The second-order valence-corrected chi connectivity index (χ2v) is 12.8. The molecule has 2 aliphatic carbocycles. The van der Waals surface area contributed by atoms with Gasteiger partial charge in [-0.05, 0) is 127 Å². The maximum Gasteiger partial charge on any atom is 0.391 e. The zero-order chi connectivity index (χ0) is 31.5. The van der Waals surface area contributed by atoms with Gasteiger partial charge in [-0.3, -0.25) is 0 Å². The van der Waals surface area contributed by atoms with Crippen LogP contribution >= 0.6 is 22.6 Å². The summed E-state index contributed by atoms with van der Waals surface area (Å²) in [6, 6.07) is 23.2. The van der Waals surface area contributed by atoms with E-state index in [2.05, 4.69) is 22.6 Å². The van der Waals surface area contributed by atoms with E-state index in [-0.39, 0.29) is 37.9 Å². The number of benzene rings is 4. The van der Waals surface area contributed by atoms with Crippen LogP contribution in [0.25, 0.3) is 21.5 Å². The number of anilines is 1. The third-order valence-corrected chi connectivity index (χ3v) is 9.51. The predicted octanol–water partition coefficient (Wildman–Crippen LogP) is 10.9. The average Bonchev–Trinajstić information content (AvgIpc) is 2.98. The number of fused-ring (bicyclic) bond motifs is 2. The number of hydrogen-bond acceptors (Lipinski definition) is 3. The normalized spacial score (nSPS) is 22.7. The summed E-state index contributed by atoms with van der Waals surface area (Å²) in [5.74, 6) is -0.933. The molecule has 10 heteroatoms. The summed E-state index contributed by atoms with van der Waals surface area (Å²) in [7, 11) is 0. The van der Waals surface area contributed by atoms with Gasteiger partial charge in [0, 0.05) is 14.6 Å². The number of nitrogen functional groups attached to an aromatic ring is 1. The smallest absolute Gasteiger partial charge is 0.391 e. The number of ether oxygens (including phenoxy) is 2.